The van der Waals surface area contributed by atoms with Crippen molar-refractivity contribution in [2.24, 2.45) is 0 Å². The molecule has 1 unspecified atom stereocenters. The molecule has 0 bridgehead atoms. The van der Waals surface area contributed by atoms with Gasteiger partial charge in [0.05, 0.1) is 16.3 Å². The number of nitrogens with zero attached hydrogens (tertiary/aromatic N) is 1. The Morgan fingerprint density at radius 2 is 1.81 bits per heavy atom. The normalized spacial score (nSPS) is 12.2. The standard InChI is InChI=1S/C21H13F4N3O2S2/c1-9(18(29)26-14-7-6-13(23)16(24)17(14)25)32-21-27-19(30)15-12(8-31-20(15)28-21)10-2-4-11(22)5-3-10/h2-9H,1H3,(H,26,29)(H,27,28,30). The lowest BCUT2D eigenvalue weighted by Crippen LogP contribution is -2.24. The molecule has 0 aliphatic rings. The summed E-state index contributed by atoms with van der Waals surface area (Å²) in [5.74, 6) is -5.64. The fourth-order valence-electron chi connectivity index (χ4n) is 2.90. The first kappa shape index (κ1) is 22.0. The number of fused-ring (bicyclic) bond motifs is 1. The highest BCUT2D eigenvalue weighted by atomic mass is 32.2. The summed E-state index contributed by atoms with van der Waals surface area (Å²) in [5.41, 5.74) is 0.333. The van der Waals surface area contributed by atoms with Crippen molar-refractivity contribution < 1.29 is 22.4 Å². The molecule has 2 aromatic heterocycles. The number of rotatable bonds is 5. The first-order valence-corrected chi connectivity index (χ1v) is 10.9. The molecule has 0 saturated heterocycles. The van der Waals surface area contributed by atoms with Crippen LogP contribution in [0.1, 0.15) is 6.92 Å². The van der Waals surface area contributed by atoms with Gasteiger partial charge in [0.1, 0.15) is 10.6 Å². The average Bonchev–Trinajstić information content (AvgIpc) is 3.19. The summed E-state index contributed by atoms with van der Waals surface area (Å²) >= 11 is 2.13. The SMILES string of the molecule is CC(Sc1nc2scc(-c3ccc(F)cc3)c2c(=O)[nH]1)C(=O)Nc1ccc(F)c(F)c1F. The van der Waals surface area contributed by atoms with Crippen LogP contribution in [0.4, 0.5) is 23.2 Å². The molecule has 2 heterocycles. The molecule has 32 heavy (non-hydrogen) atoms. The van der Waals surface area contributed by atoms with Gasteiger partial charge in [0.2, 0.25) is 5.91 Å². The van der Waals surface area contributed by atoms with E-state index < -0.39 is 45.7 Å². The van der Waals surface area contributed by atoms with E-state index in [0.717, 1.165) is 17.8 Å². The second kappa shape index (κ2) is 8.75. The quantitative estimate of drug-likeness (QED) is 0.176. The highest BCUT2D eigenvalue weighted by molar-refractivity contribution is 8.00. The Morgan fingerprint density at radius 3 is 2.53 bits per heavy atom. The van der Waals surface area contributed by atoms with Crippen molar-refractivity contribution >= 4 is 44.9 Å². The third-order valence-corrected chi connectivity index (χ3v) is 6.38. The van der Waals surface area contributed by atoms with Gasteiger partial charge in [-0.1, -0.05) is 23.9 Å². The van der Waals surface area contributed by atoms with Crippen LogP contribution in [0.3, 0.4) is 0 Å². The minimum absolute atomic E-state index is 0.156. The maximum Gasteiger partial charge on any atom is 0.260 e. The van der Waals surface area contributed by atoms with Gasteiger partial charge in [-0.05, 0) is 36.8 Å². The monoisotopic (exact) mass is 479 g/mol. The van der Waals surface area contributed by atoms with Crippen LogP contribution in [0.5, 0.6) is 0 Å². The van der Waals surface area contributed by atoms with Crippen molar-refractivity contribution in [2.45, 2.75) is 17.3 Å². The molecule has 1 atom stereocenters. The van der Waals surface area contributed by atoms with E-state index in [-0.39, 0.29) is 5.16 Å². The smallest absolute Gasteiger partial charge is 0.260 e. The van der Waals surface area contributed by atoms with Crippen LogP contribution < -0.4 is 10.9 Å². The van der Waals surface area contributed by atoms with Crippen LogP contribution in [-0.4, -0.2) is 21.1 Å². The summed E-state index contributed by atoms with van der Waals surface area (Å²) in [7, 11) is 0. The molecule has 11 heteroatoms. The molecule has 4 aromatic rings. The van der Waals surface area contributed by atoms with Crippen molar-refractivity contribution in [3.05, 3.63) is 75.4 Å². The minimum atomic E-state index is -1.69. The molecule has 0 aliphatic heterocycles. The number of H-pyrrole nitrogens is 1. The third kappa shape index (κ3) is 4.26. The number of aromatic amines is 1. The Kier molecular flexibility index (Phi) is 6.02. The second-order valence-electron chi connectivity index (χ2n) is 6.68. The van der Waals surface area contributed by atoms with Crippen LogP contribution in [0.2, 0.25) is 0 Å². The molecule has 2 N–H and O–H groups in total. The molecule has 0 radical (unpaired) electrons. The highest BCUT2D eigenvalue weighted by Gasteiger charge is 2.21. The summed E-state index contributed by atoms with van der Waals surface area (Å²) < 4.78 is 53.4. The molecule has 0 aliphatic carbocycles. The molecule has 0 fully saturated rings. The Bertz CT molecular complexity index is 1390. The van der Waals surface area contributed by atoms with E-state index >= 15 is 0 Å². The number of hydrogen-bond acceptors (Lipinski definition) is 5. The zero-order valence-electron chi connectivity index (χ0n) is 16.2. The van der Waals surface area contributed by atoms with E-state index in [1.807, 2.05) is 0 Å². The van der Waals surface area contributed by atoms with Crippen LogP contribution in [0.15, 0.2) is 51.7 Å². The number of thioether (sulfide) groups is 1. The molecular formula is C21H13F4N3O2S2. The molecule has 1 amide bonds. The first-order chi connectivity index (χ1) is 15.2. The molecule has 2 aromatic carbocycles. The van der Waals surface area contributed by atoms with Crippen LogP contribution in [0, 0.1) is 23.3 Å². The summed E-state index contributed by atoms with van der Waals surface area (Å²) in [5, 5.41) is 3.57. The van der Waals surface area contributed by atoms with E-state index in [1.165, 1.54) is 30.4 Å². The second-order valence-corrected chi connectivity index (χ2v) is 8.87. The zero-order valence-corrected chi connectivity index (χ0v) is 17.8. The average molecular weight is 479 g/mol. The molecule has 0 saturated carbocycles. The van der Waals surface area contributed by atoms with Crippen molar-refractivity contribution in [2.75, 3.05) is 5.32 Å². The number of aromatic nitrogens is 2. The van der Waals surface area contributed by atoms with Gasteiger partial charge >= 0.3 is 0 Å². The van der Waals surface area contributed by atoms with Gasteiger partial charge in [0, 0.05) is 10.9 Å². The molecule has 164 valence electrons. The number of carbonyl (C=O) groups excluding carboxylic acids is 1. The topological polar surface area (TPSA) is 74.8 Å². The molecular weight excluding hydrogens is 466 g/mol. The van der Waals surface area contributed by atoms with Gasteiger partial charge in [0.25, 0.3) is 5.56 Å². The van der Waals surface area contributed by atoms with Crippen LogP contribution >= 0.6 is 23.1 Å². The molecule has 5 nitrogen and oxygen atoms in total. The Balaban J connectivity index is 1.55. The summed E-state index contributed by atoms with van der Waals surface area (Å²) in [6.07, 6.45) is 0. The molecule has 4 rings (SSSR count). The van der Waals surface area contributed by atoms with Gasteiger partial charge in [-0.25, -0.2) is 22.5 Å². The van der Waals surface area contributed by atoms with Gasteiger partial charge in [-0.2, -0.15) is 0 Å². The number of hydrogen-bond donors (Lipinski definition) is 2. The summed E-state index contributed by atoms with van der Waals surface area (Å²) in [6, 6.07) is 7.32. The maximum absolute atomic E-state index is 13.8. The predicted molar refractivity (Wildman–Crippen MR) is 116 cm³/mol. The minimum Gasteiger partial charge on any atom is -0.323 e. The number of halogens is 4. The maximum atomic E-state index is 13.8. The lowest BCUT2D eigenvalue weighted by Gasteiger charge is -2.12. The van der Waals surface area contributed by atoms with E-state index in [9.17, 15) is 27.2 Å². The van der Waals surface area contributed by atoms with E-state index in [0.29, 0.717) is 27.4 Å². The lowest BCUT2D eigenvalue weighted by atomic mass is 10.1. The molecule has 0 spiro atoms. The van der Waals surface area contributed by atoms with Gasteiger partial charge < -0.3 is 10.3 Å². The van der Waals surface area contributed by atoms with Gasteiger partial charge in [0.15, 0.2) is 22.6 Å². The van der Waals surface area contributed by atoms with E-state index in [4.69, 9.17) is 0 Å². The Hall–Kier alpha value is -3.18. The first-order valence-electron chi connectivity index (χ1n) is 9.13. The fraction of sp³-hybridized carbons (Fsp3) is 0.0952. The fourth-order valence-corrected chi connectivity index (χ4v) is 4.71. The number of thiophene rings is 1. The largest absolute Gasteiger partial charge is 0.323 e. The summed E-state index contributed by atoms with van der Waals surface area (Å²) in [4.78, 5) is 32.4. The van der Waals surface area contributed by atoms with Gasteiger partial charge in [-0.3, -0.25) is 9.59 Å². The van der Waals surface area contributed by atoms with Crippen molar-refractivity contribution in [1.82, 2.24) is 9.97 Å². The third-order valence-electron chi connectivity index (χ3n) is 4.53. The van der Waals surface area contributed by atoms with Crippen molar-refractivity contribution in [3.63, 3.8) is 0 Å². The zero-order chi connectivity index (χ0) is 23.0. The summed E-state index contributed by atoms with van der Waals surface area (Å²) in [6.45, 7) is 1.49. The Morgan fingerprint density at radius 1 is 1.09 bits per heavy atom. The van der Waals surface area contributed by atoms with Crippen molar-refractivity contribution in [1.29, 1.82) is 0 Å². The number of benzene rings is 2. The Labute approximate surface area is 186 Å². The van der Waals surface area contributed by atoms with Crippen molar-refractivity contribution in [3.8, 4) is 11.1 Å². The number of amides is 1. The van der Waals surface area contributed by atoms with Crippen LogP contribution in [0.25, 0.3) is 21.3 Å². The number of carbonyl (C=O) groups is 1. The van der Waals surface area contributed by atoms with Crippen LogP contribution in [-0.2, 0) is 4.79 Å². The lowest BCUT2D eigenvalue weighted by molar-refractivity contribution is -0.115. The number of anilines is 1. The number of nitrogens with one attached hydrogen (secondary N) is 2. The highest BCUT2D eigenvalue weighted by Crippen LogP contribution is 2.32. The predicted octanol–water partition coefficient (Wildman–Crippen LogP) is 5.33. The van der Waals surface area contributed by atoms with E-state index in [2.05, 4.69) is 15.3 Å². The van der Waals surface area contributed by atoms with Gasteiger partial charge in [-0.15, -0.1) is 11.3 Å². The van der Waals surface area contributed by atoms with E-state index in [1.54, 1.807) is 17.5 Å².